The molecule has 3 aromatic rings. The molecule has 1 aliphatic carbocycles. The van der Waals surface area contributed by atoms with Crippen molar-refractivity contribution in [1.82, 2.24) is 24.6 Å². The van der Waals surface area contributed by atoms with Gasteiger partial charge >= 0.3 is 6.09 Å². The second kappa shape index (κ2) is 8.17. The van der Waals surface area contributed by atoms with Crippen molar-refractivity contribution in [3.05, 3.63) is 65.0 Å². The quantitative estimate of drug-likeness (QED) is 0.648. The minimum Gasteiger partial charge on any atom is -0.441 e. The van der Waals surface area contributed by atoms with Crippen molar-refractivity contribution in [3.63, 3.8) is 0 Å². The Balaban J connectivity index is 1.43. The molecule has 2 aromatic heterocycles. The third-order valence-electron chi connectivity index (χ3n) is 5.04. The number of nitrogens with one attached hydrogen (secondary N) is 2. The number of anilines is 1. The summed E-state index contributed by atoms with van der Waals surface area (Å²) in [5.41, 5.74) is 2.15. The average Bonchev–Trinajstić information content (AvgIpc) is 3.39. The van der Waals surface area contributed by atoms with Crippen molar-refractivity contribution in [2.45, 2.75) is 25.5 Å². The zero-order chi connectivity index (χ0) is 22.1. The molecule has 9 nitrogen and oxygen atoms in total. The normalized spacial score (nSPS) is 14.9. The van der Waals surface area contributed by atoms with E-state index in [-0.39, 0.29) is 18.3 Å². The molecule has 1 aromatic carbocycles. The molecule has 162 valence electrons. The van der Waals surface area contributed by atoms with Gasteiger partial charge in [-0.1, -0.05) is 0 Å². The first-order valence-electron chi connectivity index (χ1n) is 9.54. The summed E-state index contributed by atoms with van der Waals surface area (Å²) in [6.07, 6.45) is 3.85. The van der Waals surface area contributed by atoms with E-state index in [1.807, 2.05) is 0 Å². The lowest BCUT2D eigenvalue weighted by atomic mass is 10.1. The second-order valence-corrected chi connectivity index (χ2v) is 7.25. The highest BCUT2D eigenvalue weighted by Gasteiger charge is 2.31. The monoisotopic (exact) mass is 430 g/mol. The Kier molecular flexibility index (Phi) is 5.40. The lowest BCUT2D eigenvalue weighted by Gasteiger charge is -2.12. The Labute approximate surface area is 176 Å². The summed E-state index contributed by atoms with van der Waals surface area (Å²) >= 11 is 0. The molecule has 11 heteroatoms. The Morgan fingerprint density at radius 2 is 2.06 bits per heavy atom. The lowest BCUT2D eigenvalue weighted by Crippen LogP contribution is -2.27. The van der Waals surface area contributed by atoms with E-state index in [0.29, 0.717) is 24.4 Å². The topological polar surface area (TPSA) is 103 Å². The maximum absolute atomic E-state index is 13.4. The van der Waals surface area contributed by atoms with Crippen LogP contribution in [0.5, 0.6) is 0 Å². The summed E-state index contributed by atoms with van der Waals surface area (Å²) in [7, 11) is 3.42. The first-order valence-corrected chi connectivity index (χ1v) is 9.54. The summed E-state index contributed by atoms with van der Waals surface area (Å²) in [6.45, 7) is -0.0527. The number of carbonyl (C=O) groups is 2. The number of hydrogen-bond donors (Lipinski definition) is 2. The Hall–Kier alpha value is -3.76. The number of aromatic nitrogens is 4. The standard InChI is InChI=1S/C20H20F2N6O3/c1-27-8-13-12(18(27)19(29)24-11-3-5-14(21)15(22)7-11)4-6-16(13)25-20(30)31-9-17-23-10-28(2)26-17/h3,5,7-8,10,16H,4,6,9H2,1-2H3,(H,24,29)(H,25,30). The van der Waals surface area contributed by atoms with Crippen molar-refractivity contribution in [2.75, 3.05) is 5.32 Å². The third-order valence-corrected chi connectivity index (χ3v) is 5.04. The summed E-state index contributed by atoms with van der Waals surface area (Å²) in [4.78, 5) is 28.9. The Morgan fingerprint density at radius 3 is 2.77 bits per heavy atom. The number of fused-ring (bicyclic) bond motifs is 1. The van der Waals surface area contributed by atoms with E-state index in [9.17, 15) is 18.4 Å². The van der Waals surface area contributed by atoms with Crippen molar-refractivity contribution in [2.24, 2.45) is 14.1 Å². The van der Waals surface area contributed by atoms with E-state index in [2.05, 4.69) is 20.7 Å². The van der Waals surface area contributed by atoms with E-state index in [4.69, 9.17) is 4.74 Å². The van der Waals surface area contributed by atoms with Crippen molar-refractivity contribution in [3.8, 4) is 0 Å². The van der Waals surface area contributed by atoms with Crippen molar-refractivity contribution < 1.29 is 23.1 Å². The van der Waals surface area contributed by atoms with E-state index in [1.165, 1.54) is 17.1 Å². The SMILES string of the molecule is Cn1cnc(COC(=O)NC2CCc3c2cn(C)c3C(=O)Nc2ccc(F)c(F)c2)n1. The summed E-state index contributed by atoms with van der Waals surface area (Å²) < 4.78 is 34.9. The largest absolute Gasteiger partial charge is 0.441 e. The predicted molar refractivity (Wildman–Crippen MR) is 105 cm³/mol. The molecule has 0 spiro atoms. The molecule has 2 heterocycles. The maximum atomic E-state index is 13.4. The molecule has 4 rings (SSSR count). The highest BCUT2D eigenvalue weighted by atomic mass is 19.2. The number of amides is 2. The van der Waals surface area contributed by atoms with Crippen LogP contribution in [0.3, 0.4) is 0 Å². The van der Waals surface area contributed by atoms with Crippen LogP contribution < -0.4 is 10.6 Å². The van der Waals surface area contributed by atoms with Crippen LogP contribution in [0.25, 0.3) is 0 Å². The van der Waals surface area contributed by atoms with Gasteiger partial charge in [-0.05, 0) is 36.1 Å². The van der Waals surface area contributed by atoms with Crippen LogP contribution in [0, 0.1) is 11.6 Å². The first-order chi connectivity index (χ1) is 14.8. The number of alkyl carbamates (subject to hydrolysis) is 1. The van der Waals surface area contributed by atoms with Crippen LogP contribution in [0.4, 0.5) is 19.3 Å². The zero-order valence-electron chi connectivity index (χ0n) is 16.9. The van der Waals surface area contributed by atoms with Gasteiger partial charge in [-0.3, -0.25) is 9.48 Å². The molecule has 0 radical (unpaired) electrons. The minimum atomic E-state index is -1.04. The van der Waals surface area contributed by atoms with E-state index < -0.39 is 23.6 Å². The summed E-state index contributed by atoms with van der Waals surface area (Å²) in [5, 5.41) is 9.42. The average molecular weight is 430 g/mol. The predicted octanol–water partition coefficient (Wildman–Crippen LogP) is 2.60. The van der Waals surface area contributed by atoms with Gasteiger partial charge < -0.3 is 19.9 Å². The molecular formula is C20H20F2N6O3. The highest BCUT2D eigenvalue weighted by molar-refractivity contribution is 6.04. The fraction of sp³-hybridized carbons (Fsp3) is 0.300. The van der Waals surface area contributed by atoms with Gasteiger partial charge in [-0.2, -0.15) is 5.10 Å². The van der Waals surface area contributed by atoms with Gasteiger partial charge in [-0.25, -0.2) is 18.6 Å². The summed E-state index contributed by atoms with van der Waals surface area (Å²) in [6, 6.07) is 2.85. The zero-order valence-corrected chi connectivity index (χ0v) is 16.9. The van der Waals surface area contributed by atoms with Crippen molar-refractivity contribution >= 4 is 17.7 Å². The van der Waals surface area contributed by atoms with Crippen LogP contribution in [-0.4, -0.2) is 31.3 Å². The highest BCUT2D eigenvalue weighted by Crippen LogP contribution is 2.35. The van der Waals surface area contributed by atoms with Crippen LogP contribution >= 0.6 is 0 Å². The molecule has 31 heavy (non-hydrogen) atoms. The van der Waals surface area contributed by atoms with Crippen molar-refractivity contribution in [1.29, 1.82) is 0 Å². The molecule has 0 fully saturated rings. The van der Waals surface area contributed by atoms with Crippen LogP contribution in [0.1, 0.15) is 39.9 Å². The number of rotatable bonds is 5. The van der Waals surface area contributed by atoms with Gasteiger partial charge in [0.15, 0.2) is 24.1 Å². The number of benzene rings is 1. The van der Waals surface area contributed by atoms with Crippen LogP contribution in [0.15, 0.2) is 30.7 Å². The van der Waals surface area contributed by atoms with Crippen LogP contribution in [0.2, 0.25) is 0 Å². The van der Waals surface area contributed by atoms with Gasteiger partial charge in [0.1, 0.15) is 12.0 Å². The number of carbonyl (C=O) groups excluding carboxylic acids is 2. The second-order valence-electron chi connectivity index (χ2n) is 7.25. The maximum Gasteiger partial charge on any atom is 0.408 e. The van der Waals surface area contributed by atoms with Gasteiger partial charge in [0.05, 0.1) is 6.04 Å². The molecule has 2 N–H and O–H groups in total. The number of nitrogens with zero attached hydrogens (tertiary/aromatic N) is 4. The molecule has 0 bridgehead atoms. The summed E-state index contributed by atoms with van der Waals surface area (Å²) in [5.74, 6) is -2.09. The fourth-order valence-electron chi connectivity index (χ4n) is 3.68. The number of ether oxygens (including phenoxy) is 1. The Bertz CT molecular complexity index is 1160. The fourth-order valence-corrected chi connectivity index (χ4v) is 3.68. The lowest BCUT2D eigenvalue weighted by molar-refractivity contribution is 0.101. The number of halogens is 2. The molecule has 1 aliphatic rings. The number of hydrogen-bond acceptors (Lipinski definition) is 5. The Morgan fingerprint density at radius 1 is 1.26 bits per heavy atom. The van der Waals surface area contributed by atoms with Gasteiger partial charge in [0.2, 0.25) is 0 Å². The molecular weight excluding hydrogens is 410 g/mol. The van der Waals surface area contributed by atoms with Crippen LogP contribution in [-0.2, 0) is 31.9 Å². The molecule has 1 unspecified atom stereocenters. The number of aryl methyl sites for hydroxylation is 2. The molecule has 1 atom stereocenters. The smallest absolute Gasteiger partial charge is 0.408 e. The third kappa shape index (κ3) is 4.25. The molecule has 2 amide bonds. The van der Waals surface area contributed by atoms with E-state index in [0.717, 1.165) is 23.3 Å². The molecule has 0 saturated carbocycles. The van der Waals surface area contributed by atoms with E-state index in [1.54, 1.807) is 24.9 Å². The minimum absolute atomic E-state index is 0.0527. The molecule has 0 aliphatic heterocycles. The van der Waals surface area contributed by atoms with Gasteiger partial charge in [0.25, 0.3) is 5.91 Å². The van der Waals surface area contributed by atoms with E-state index >= 15 is 0 Å². The van der Waals surface area contributed by atoms with Gasteiger partial charge in [0, 0.05) is 32.0 Å². The first kappa shape index (κ1) is 20.5. The van der Waals surface area contributed by atoms with Gasteiger partial charge in [-0.15, -0.1) is 0 Å². The molecule has 0 saturated heterocycles.